The second kappa shape index (κ2) is 17.4. The third-order valence-corrected chi connectivity index (χ3v) is 3.05. The molecule has 126 valence electrons. The Hall–Kier alpha value is -1.46. The molecular formula is C23H25PTi. The van der Waals surface area contributed by atoms with Crippen molar-refractivity contribution in [3.8, 4) is 11.1 Å². The summed E-state index contributed by atoms with van der Waals surface area (Å²) in [6, 6.07) is 20.8. The van der Waals surface area contributed by atoms with Crippen LogP contribution in [0.1, 0.15) is 12.8 Å². The summed E-state index contributed by atoms with van der Waals surface area (Å²) >= 11 is 0. The SMILES string of the molecule is CP.[C-]1=CC=CC1.[C-]1=CC=CC1.[Ti+2].c1ccc(-c2ccccc2)cc1. The van der Waals surface area contributed by atoms with Gasteiger partial charge in [-0.25, -0.2) is 24.3 Å². The van der Waals surface area contributed by atoms with E-state index in [1.807, 2.05) is 43.1 Å². The van der Waals surface area contributed by atoms with Gasteiger partial charge in [-0.15, -0.1) is 22.1 Å². The van der Waals surface area contributed by atoms with Crippen molar-refractivity contribution in [1.29, 1.82) is 0 Å². The van der Waals surface area contributed by atoms with Gasteiger partial charge in [0.05, 0.1) is 0 Å². The van der Waals surface area contributed by atoms with E-state index < -0.39 is 0 Å². The Balaban J connectivity index is 0.000000370. The van der Waals surface area contributed by atoms with Crippen molar-refractivity contribution in [3.05, 3.63) is 109 Å². The van der Waals surface area contributed by atoms with Crippen molar-refractivity contribution >= 4 is 9.24 Å². The van der Waals surface area contributed by atoms with Crippen LogP contribution in [-0.4, -0.2) is 6.66 Å². The van der Waals surface area contributed by atoms with Crippen LogP contribution in [0.3, 0.4) is 0 Å². The minimum absolute atomic E-state index is 0. The van der Waals surface area contributed by atoms with Crippen LogP contribution >= 0.6 is 9.24 Å². The van der Waals surface area contributed by atoms with Crippen LogP contribution in [0.5, 0.6) is 0 Å². The van der Waals surface area contributed by atoms with E-state index in [9.17, 15) is 0 Å². The monoisotopic (exact) mass is 380 g/mol. The third kappa shape index (κ3) is 11.7. The molecule has 2 heteroatoms. The number of hydrogen-bond acceptors (Lipinski definition) is 0. The number of hydrogen-bond donors (Lipinski definition) is 0. The van der Waals surface area contributed by atoms with Gasteiger partial charge in [0.1, 0.15) is 0 Å². The Morgan fingerprint density at radius 1 is 0.640 bits per heavy atom. The van der Waals surface area contributed by atoms with Gasteiger partial charge in [-0.1, -0.05) is 67.3 Å². The minimum Gasteiger partial charge on any atom is -0.273 e. The van der Waals surface area contributed by atoms with Crippen molar-refractivity contribution in [2.75, 3.05) is 6.66 Å². The molecule has 0 saturated carbocycles. The van der Waals surface area contributed by atoms with E-state index in [-0.39, 0.29) is 21.7 Å². The van der Waals surface area contributed by atoms with Gasteiger partial charge in [0.25, 0.3) is 0 Å². The molecule has 4 rings (SSSR count). The van der Waals surface area contributed by atoms with Crippen molar-refractivity contribution in [2.24, 2.45) is 0 Å². The molecule has 0 saturated heterocycles. The smallest absolute Gasteiger partial charge is 0.273 e. The van der Waals surface area contributed by atoms with Crippen LogP contribution in [0, 0.1) is 12.2 Å². The molecule has 1 atom stereocenters. The first-order chi connectivity index (χ1) is 12.0. The Morgan fingerprint density at radius 3 is 1.20 bits per heavy atom. The largest absolute Gasteiger partial charge is 2.00 e. The molecule has 1 unspecified atom stereocenters. The zero-order chi connectivity index (χ0) is 17.3. The van der Waals surface area contributed by atoms with Crippen LogP contribution in [-0.2, 0) is 21.7 Å². The minimum atomic E-state index is 0. The molecule has 2 aliphatic rings. The number of benzene rings is 2. The van der Waals surface area contributed by atoms with Crippen LogP contribution in [0.25, 0.3) is 11.1 Å². The van der Waals surface area contributed by atoms with E-state index in [0.29, 0.717) is 0 Å². The average molecular weight is 380 g/mol. The van der Waals surface area contributed by atoms with Gasteiger partial charge in [-0.3, -0.25) is 12.2 Å². The summed E-state index contributed by atoms with van der Waals surface area (Å²) in [5, 5.41) is 0. The molecule has 0 spiro atoms. The average Bonchev–Trinajstić information content (AvgIpc) is 3.43. The Morgan fingerprint density at radius 2 is 1.00 bits per heavy atom. The third-order valence-electron chi connectivity index (χ3n) is 3.05. The van der Waals surface area contributed by atoms with Gasteiger partial charge < -0.3 is 0 Å². The van der Waals surface area contributed by atoms with Crippen LogP contribution in [0.4, 0.5) is 0 Å². The molecule has 0 bridgehead atoms. The first-order valence-corrected chi connectivity index (χ1v) is 9.24. The summed E-state index contributed by atoms with van der Waals surface area (Å²) in [6.07, 6.45) is 20.0. The van der Waals surface area contributed by atoms with Gasteiger partial charge in [-0.05, 0) is 11.1 Å². The zero-order valence-corrected chi connectivity index (χ0v) is 17.4. The molecule has 0 radical (unpaired) electrons. The molecule has 0 fully saturated rings. The van der Waals surface area contributed by atoms with Crippen molar-refractivity contribution in [3.63, 3.8) is 0 Å². The van der Waals surface area contributed by atoms with E-state index in [0.717, 1.165) is 12.8 Å². The van der Waals surface area contributed by atoms with E-state index in [1.54, 1.807) is 0 Å². The molecule has 25 heavy (non-hydrogen) atoms. The molecule has 0 aliphatic heterocycles. The van der Waals surface area contributed by atoms with Gasteiger partial charge in [0.2, 0.25) is 0 Å². The Bertz CT molecular complexity index is 561. The summed E-state index contributed by atoms with van der Waals surface area (Å²) in [7, 11) is 2.42. The second-order valence-electron chi connectivity index (χ2n) is 4.74. The first-order valence-electron chi connectivity index (χ1n) is 8.08. The van der Waals surface area contributed by atoms with E-state index in [2.05, 4.69) is 82.1 Å². The number of allylic oxidation sites excluding steroid dienone is 8. The fraction of sp³-hybridized carbons (Fsp3) is 0.130. The summed E-state index contributed by atoms with van der Waals surface area (Å²) < 4.78 is 0. The summed E-state index contributed by atoms with van der Waals surface area (Å²) in [5.74, 6) is 0. The predicted octanol–water partition coefficient (Wildman–Crippen LogP) is 6.45. The van der Waals surface area contributed by atoms with Crippen LogP contribution < -0.4 is 0 Å². The maximum absolute atomic E-state index is 2.99. The van der Waals surface area contributed by atoms with Crippen LogP contribution in [0.2, 0.25) is 0 Å². The number of rotatable bonds is 1. The normalized spacial score (nSPS) is 11.9. The molecule has 2 aromatic rings. The van der Waals surface area contributed by atoms with Gasteiger partial charge in [0, 0.05) is 0 Å². The summed E-state index contributed by atoms with van der Waals surface area (Å²) in [4.78, 5) is 0. The summed E-state index contributed by atoms with van der Waals surface area (Å²) in [6.45, 7) is 1.92. The Kier molecular flexibility index (Phi) is 16.4. The van der Waals surface area contributed by atoms with E-state index >= 15 is 0 Å². The molecule has 0 nitrogen and oxygen atoms in total. The first kappa shape index (κ1) is 23.5. The summed E-state index contributed by atoms with van der Waals surface area (Å²) in [5.41, 5.74) is 2.55. The molecule has 0 heterocycles. The topological polar surface area (TPSA) is 0 Å². The zero-order valence-electron chi connectivity index (χ0n) is 14.7. The fourth-order valence-electron chi connectivity index (χ4n) is 1.94. The van der Waals surface area contributed by atoms with Gasteiger partial charge in [0.15, 0.2) is 0 Å². The molecule has 2 aromatic carbocycles. The fourth-order valence-corrected chi connectivity index (χ4v) is 1.94. The maximum Gasteiger partial charge on any atom is 2.00 e. The van der Waals surface area contributed by atoms with Crippen molar-refractivity contribution < 1.29 is 21.7 Å². The standard InChI is InChI=1S/C12H10.2C5H5.CH5P.Ti/c1-3-7-11(8-4-1)12-9-5-2-6-10-12;2*1-2-4-5-3-1;1-2;/h1-10H;2*1-3H,4H2;2H2,1H3;/q;2*-1;;+2. The van der Waals surface area contributed by atoms with Gasteiger partial charge in [-0.2, -0.15) is 12.2 Å². The van der Waals surface area contributed by atoms with E-state index in [1.165, 1.54) is 11.1 Å². The van der Waals surface area contributed by atoms with Crippen molar-refractivity contribution in [2.45, 2.75) is 12.8 Å². The molecule has 2 aliphatic carbocycles. The molecule has 0 aromatic heterocycles. The maximum atomic E-state index is 2.99. The molecule has 0 amide bonds. The van der Waals surface area contributed by atoms with Crippen molar-refractivity contribution in [1.82, 2.24) is 0 Å². The predicted molar refractivity (Wildman–Crippen MR) is 111 cm³/mol. The van der Waals surface area contributed by atoms with E-state index in [4.69, 9.17) is 0 Å². The second-order valence-corrected chi connectivity index (χ2v) is 4.74. The quantitative estimate of drug-likeness (QED) is 0.303. The molecular weight excluding hydrogens is 355 g/mol. The Labute approximate surface area is 170 Å². The van der Waals surface area contributed by atoms with Crippen LogP contribution in [0.15, 0.2) is 97.1 Å². The van der Waals surface area contributed by atoms with Gasteiger partial charge >= 0.3 is 21.7 Å². The molecule has 0 N–H and O–H groups in total.